The second-order valence-corrected chi connectivity index (χ2v) is 7.56. The number of aromatic nitrogens is 4. The third kappa shape index (κ3) is 5.06. The zero-order valence-corrected chi connectivity index (χ0v) is 17.7. The smallest absolute Gasteiger partial charge is 0.247 e. The molecule has 4 rings (SSSR count). The monoisotopic (exact) mass is 419 g/mol. The standard InChI is InChI=1S/C22H25N7O2/c1-16-11-18(5-6-23-16)19-12-25-29(14-19)15-22(31)26-21-4-3-20(13-24-21)28-9-7-27(8-10-28)17(2)30/h3-6,11-14H,7-10,15H2,1-2H3,(H,24,26,31). The van der Waals surface area contributed by atoms with Gasteiger partial charge in [-0.25, -0.2) is 4.98 Å². The highest BCUT2D eigenvalue weighted by atomic mass is 16.2. The van der Waals surface area contributed by atoms with Crippen molar-refractivity contribution in [2.75, 3.05) is 36.4 Å². The van der Waals surface area contributed by atoms with Crippen LogP contribution < -0.4 is 10.2 Å². The van der Waals surface area contributed by atoms with E-state index in [0.29, 0.717) is 18.9 Å². The van der Waals surface area contributed by atoms with Crippen LogP contribution in [0.1, 0.15) is 12.6 Å². The summed E-state index contributed by atoms with van der Waals surface area (Å²) in [6.45, 7) is 6.58. The van der Waals surface area contributed by atoms with E-state index in [2.05, 4.69) is 25.3 Å². The molecule has 0 saturated carbocycles. The Bertz CT molecular complexity index is 1070. The summed E-state index contributed by atoms with van der Waals surface area (Å²) >= 11 is 0. The molecule has 1 fully saturated rings. The average Bonchev–Trinajstić information content (AvgIpc) is 3.23. The van der Waals surface area contributed by atoms with Gasteiger partial charge in [0.1, 0.15) is 12.4 Å². The van der Waals surface area contributed by atoms with Gasteiger partial charge in [-0.2, -0.15) is 5.10 Å². The van der Waals surface area contributed by atoms with Crippen molar-refractivity contribution >= 4 is 23.3 Å². The minimum Gasteiger partial charge on any atom is -0.367 e. The van der Waals surface area contributed by atoms with Gasteiger partial charge < -0.3 is 15.1 Å². The zero-order chi connectivity index (χ0) is 21.8. The molecule has 1 N–H and O–H groups in total. The van der Waals surface area contributed by atoms with Gasteiger partial charge in [0.05, 0.1) is 18.1 Å². The second-order valence-electron chi connectivity index (χ2n) is 7.56. The summed E-state index contributed by atoms with van der Waals surface area (Å²) in [6, 6.07) is 7.62. The van der Waals surface area contributed by atoms with E-state index in [0.717, 1.165) is 35.6 Å². The largest absolute Gasteiger partial charge is 0.367 e. The lowest BCUT2D eigenvalue weighted by molar-refractivity contribution is -0.129. The summed E-state index contributed by atoms with van der Waals surface area (Å²) in [5.41, 5.74) is 3.86. The third-order valence-corrected chi connectivity index (χ3v) is 5.27. The first kappa shape index (κ1) is 20.5. The number of carbonyl (C=O) groups is 2. The molecule has 9 nitrogen and oxygen atoms in total. The average molecular weight is 419 g/mol. The van der Waals surface area contributed by atoms with Crippen LogP contribution in [0.2, 0.25) is 0 Å². The predicted molar refractivity (Wildman–Crippen MR) is 118 cm³/mol. The van der Waals surface area contributed by atoms with Crippen molar-refractivity contribution in [3.05, 3.63) is 54.7 Å². The molecule has 0 radical (unpaired) electrons. The van der Waals surface area contributed by atoms with Crippen molar-refractivity contribution in [2.24, 2.45) is 0 Å². The number of hydrogen-bond donors (Lipinski definition) is 1. The first-order valence-electron chi connectivity index (χ1n) is 10.2. The van der Waals surface area contributed by atoms with Gasteiger partial charge in [0.2, 0.25) is 11.8 Å². The van der Waals surface area contributed by atoms with Gasteiger partial charge in [0.25, 0.3) is 0 Å². The van der Waals surface area contributed by atoms with E-state index in [9.17, 15) is 9.59 Å². The maximum atomic E-state index is 12.4. The molecular weight excluding hydrogens is 394 g/mol. The number of nitrogens with one attached hydrogen (secondary N) is 1. The summed E-state index contributed by atoms with van der Waals surface area (Å²) < 4.78 is 1.60. The maximum absolute atomic E-state index is 12.4. The second kappa shape index (κ2) is 8.95. The van der Waals surface area contributed by atoms with E-state index < -0.39 is 0 Å². The van der Waals surface area contributed by atoms with Gasteiger partial charge in [-0.1, -0.05) is 0 Å². The molecule has 31 heavy (non-hydrogen) atoms. The third-order valence-electron chi connectivity index (χ3n) is 5.27. The molecule has 0 spiro atoms. The highest BCUT2D eigenvalue weighted by Crippen LogP contribution is 2.19. The number of rotatable bonds is 5. The maximum Gasteiger partial charge on any atom is 0.247 e. The van der Waals surface area contributed by atoms with Crippen molar-refractivity contribution in [1.82, 2.24) is 24.6 Å². The van der Waals surface area contributed by atoms with Crippen LogP contribution >= 0.6 is 0 Å². The fourth-order valence-corrected chi connectivity index (χ4v) is 3.58. The predicted octanol–water partition coefficient (Wildman–Crippen LogP) is 1.96. The quantitative estimate of drug-likeness (QED) is 0.679. The molecule has 0 bridgehead atoms. The molecule has 0 atom stereocenters. The van der Waals surface area contributed by atoms with E-state index in [4.69, 9.17) is 0 Å². The van der Waals surface area contributed by atoms with Crippen LogP contribution in [-0.2, 0) is 16.1 Å². The van der Waals surface area contributed by atoms with Crippen LogP contribution in [0.4, 0.5) is 11.5 Å². The fraction of sp³-hybridized carbons (Fsp3) is 0.318. The molecule has 0 aromatic carbocycles. The van der Waals surface area contributed by atoms with Gasteiger partial charge in [0, 0.05) is 56.8 Å². The van der Waals surface area contributed by atoms with Crippen molar-refractivity contribution in [2.45, 2.75) is 20.4 Å². The van der Waals surface area contributed by atoms with Gasteiger partial charge >= 0.3 is 0 Å². The fourth-order valence-electron chi connectivity index (χ4n) is 3.58. The van der Waals surface area contributed by atoms with Crippen LogP contribution in [0, 0.1) is 6.92 Å². The molecule has 1 aliphatic rings. The molecule has 0 aliphatic carbocycles. The molecule has 3 aromatic heterocycles. The Hall–Kier alpha value is -3.75. The first-order chi connectivity index (χ1) is 15.0. The molecule has 9 heteroatoms. The van der Waals surface area contributed by atoms with Crippen molar-refractivity contribution in [1.29, 1.82) is 0 Å². The minimum absolute atomic E-state index is 0.0977. The van der Waals surface area contributed by atoms with E-state index in [-0.39, 0.29) is 18.4 Å². The number of pyridine rings is 2. The molecule has 2 amide bonds. The summed E-state index contributed by atoms with van der Waals surface area (Å²) in [7, 11) is 0. The van der Waals surface area contributed by atoms with Crippen molar-refractivity contribution in [3.63, 3.8) is 0 Å². The van der Waals surface area contributed by atoms with Crippen LogP contribution in [-0.4, -0.2) is 62.6 Å². The van der Waals surface area contributed by atoms with Gasteiger partial charge in [0.15, 0.2) is 0 Å². The van der Waals surface area contributed by atoms with E-state index in [1.54, 1.807) is 36.3 Å². The van der Waals surface area contributed by atoms with Crippen LogP contribution in [0.5, 0.6) is 0 Å². The van der Waals surface area contributed by atoms with Crippen molar-refractivity contribution in [3.8, 4) is 11.1 Å². The van der Waals surface area contributed by atoms with Gasteiger partial charge in [-0.05, 0) is 36.8 Å². The van der Waals surface area contributed by atoms with E-state index in [1.165, 1.54) is 0 Å². The Morgan fingerprint density at radius 3 is 2.52 bits per heavy atom. The number of amides is 2. The van der Waals surface area contributed by atoms with Gasteiger partial charge in [-0.15, -0.1) is 0 Å². The number of aryl methyl sites for hydroxylation is 1. The Balaban J connectivity index is 1.32. The highest BCUT2D eigenvalue weighted by Gasteiger charge is 2.19. The normalized spacial score (nSPS) is 13.9. The molecule has 160 valence electrons. The highest BCUT2D eigenvalue weighted by molar-refractivity contribution is 5.89. The minimum atomic E-state index is -0.198. The summed E-state index contributed by atoms with van der Waals surface area (Å²) in [5.74, 6) is 0.403. The lowest BCUT2D eigenvalue weighted by Gasteiger charge is -2.35. The van der Waals surface area contributed by atoms with Crippen LogP contribution in [0.25, 0.3) is 11.1 Å². The number of hydrogen-bond acceptors (Lipinski definition) is 6. The number of nitrogens with zero attached hydrogens (tertiary/aromatic N) is 6. The van der Waals surface area contributed by atoms with Crippen LogP contribution in [0.15, 0.2) is 49.1 Å². The zero-order valence-electron chi connectivity index (χ0n) is 17.7. The van der Waals surface area contributed by atoms with Crippen molar-refractivity contribution < 1.29 is 9.59 Å². The molecule has 0 unspecified atom stereocenters. The summed E-state index contributed by atoms with van der Waals surface area (Å²) in [5, 5.41) is 7.09. The first-order valence-corrected chi connectivity index (χ1v) is 10.2. The molecule has 1 aliphatic heterocycles. The summed E-state index contributed by atoms with van der Waals surface area (Å²) in [6.07, 6.45) is 7.08. The lowest BCUT2D eigenvalue weighted by Crippen LogP contribution is -2.48. The number of piperazine rings is 1. The SMILES string of the molecule is CC(=O)N1CCN(c2ccc(NC(=O)Cn3cc(-c4ccnc(C)c4)cn3)nc2)CC1. The topological polar surface area (TPSA) is 96.2 Å². The Morgan fingerprint density at radius 1 is 1.03 bits per heavy atom. The van der Waals surface area contributed by atoms with Gasteiger partial charge in [-0.3, -0.25) is 19.3 Å². The molecule has 4 heterocycles. The number of carbonyl (C=O) groups excluding carboxylic acids is 2. The Labute approximate surface area is 180 Å². The Kier molecular flexibility index (Phi) is 5.92. The summed E-state index contributed by atoms with van der Waals surface area (Å²) in [4.78, 5) is 36.4. The van der Waals surface area contributed by atoms with Crippen LogP contribution in [0.3, 0.4) is 0 Å². The molecular formula is C22H25N7O2. The molecule has 3 aromatic rings. The van der Waals surface area contributed by atoms with E-state index in [1.807, 2.05) is 36.2 Å². The number of anilines is 2. The Morgan fingerprint density at radius 2 is 1.84 bits per heavy atom. The molecule has 1 saturated heterocycles. The van der Waals surface area contributed by atoms with E-state index >= 15 is 0 Å². The lowest BCUT2D eigenvalue weighted by atomic mass is 10.1.